The van der Waals surface area contributed by atoms with E-state index in [0.717, 1.165) is 4.88 Å². The minimum atomic E-state index is -3.56. The molecule has 6 heteroatoms. The van der Waals surface area contributed by atoms with Crippen molar-refractivity contribution in [2.75, 3.05) is 0 Å². The maximum absolute atomic E-state index is 13.0. The summed E-state index contributed by atoms with van der Waals surface area (Å²) in [5, 5.41) is 1.95. The second kappa shape index (κ2) is 6.92. The molecule has 0 saturated carbocycles. The molecule has 0 fully saturated rings. The topological polar surface area (TPSA) is 37.4 Å². The van der Waals surface area contributed by atoms with Crippen molar-refractivity contribution in [2.45, 2.75) is 37.2 Å². The number of hydrogen-bond acceptors (Lipinski definition) is 3. The highest BCUT2D eigenvalue weighted by Gasteiger charge is 2.29. The van der Waals surface area contributed by atoms with Crippen LogP contribution in [-0.4, -0.2) is 18.8 Å². The van der Waals surface area contributed by atoms with Crippen molar-refractivity contribution in [1.29, 1.82) is 0 Å². The van der Waals surface area contributed by atoms with Gasteiger partial charge in [-0.2, -0.15) is 4.31 Å². The third-order valence-electron chi connectivity index (χ3n) is 3.17. The van der Waals surface area contributed by atoms with Gasteiger partial charge in [0.15, 0.2) is 0 Å². The van der Waals surface area contributed by atoms with Crippen LogP contribution in [0.3, 0.4) is 0 Å². The number of thiophene rings is 1. The number of nitrogens with zero attached hydrogens (tertiary/aromatic N) is 1. The third-order valence-corrected chi connectivity index (χ3v) is 6.44. The van der Waals surface area contributed by atoms with Gasteiger partial charge < -0.3 is 0 Å². The lowest BCUT2D eigenvalue weighted by atomic mass is 10.2. The van der Waals surface area contributed by atoms with E-state index < -0.39 is 10.0 Å². The standard InChI is InChI=1S/C15H18ClNO2S2/c1-12(2)17(11-14-7-5-9-20-14)21(18,19)15-8-4-3-6-13(15)10-16/h3-9,12H,10-11H2,1-2H3. The van der Waals surface area contributed by atoms with E-state index in [0.29, 0.717) is 17.0 Å². The molecule has 114 valence electrons. The molecule has 0 bridgehead atoms. The molecule has 1 heterocycles. The van der Waals surface area contributed by atoms with Gasteiger partial charge in [0.05, 0.1) is 4.90 Å². The molecule has 0 aliphatic rings. The van der Waals surface area contributed by atoms with Crippen molar-refractivity contribution in [1.82, 2.24) is 4.31 Å². The fourth-order valence-corrected chi connectivity index (χ4v) is 5.03. The van der Waals surface area contributed by atoms with Gasteiger partial charge in [-0.25, -0.2) is 8.42 Å². The lowest BCUT2D eigenvalue weighted by Gasteiger charge is -2.26. The highest BCUT2D eigenvalue weighted by molar-refractivity contribution is 7.89. The summed E-state index contributed by atoms with van der Waals surface area (Å²) in [7, 11) is -3.56. The number of alkyl halides is 1. The summed E-state index contributed by atoms with van der Waals surface area (Å²) in [6.07, 6.45) is 0. The molecular formula is C15H18ClNO2S2. The van der Waals surface area contributed by atoms with Crippen LogP contribution in [0.15, 0.2) is 46.7 Å². The molecule has 0 aliphatic heterocycles. The zero-order valence-corrected chi connectivity index (χ0v) is 14.4. The first kappa shape index (κ1) is 16.5. The maximum atomic E-state index is 13.0. The van der Waals surface area contributed by atoms with E-state index in [9.17, 15) is 8.42 Å². The van der Waals surface area contributed by atoms with E-state index >= 15 is 0 Å². The molecule has 0 unspecified atom stereocenters. The Kier molecular flexibility index (Phi) is 5.43. The first-order valence-corrected chi connectivity index (χ1v) is 9.50. The summed E-state index contributed by atoms with van der Waals surface area (Å²) in [5.74, 6) is 0.181. The maximum Gasteiger partial charge on any atom is 0.243 e. The fourth-order valence-electron chi connectivity index (χ4n) is 2.09. The molecule has 0 radical (unpaired) electrons. The minimum Gasteiger partial charge on any atom is -0.207 e. The molecule has 1 aromatic heterocycles. The summed E-state index contributed by atoms with van der Waals surface area (Å²) in [4.78, 5) is 1.32. The van der Waals surface area contributed by atoms with Gasteiger partial charge in [0, 0.05) is 23.3 Å². The van der Waals surface area contributed by atoms with Crippen LogP contribution in [-0.2, 0) is 22.4 Å². The van der Waals surface area contributed by atoms with E-state index in [1.165, 1.54) is 4.31 Å². The van der Waals surface area contributed by atoms with Crippen LogP contribution in [0.1, 0.15) is 24.3 Å². The van der Waals surface area contributed by atoms with E-state index in [2.05, 4.69) is 0 Å². The Morgan fingerprint density at radius 3 is 2.48 bits per heavy atom. The summed E-state index contributed by atoms with van der Waals surface area (Å²) >= 11 is 7.44. The predicted octanol–water partition coefficient (Wildman–Crippen LogP) is 4.09. The van der Waals surface area contributed by atoms with Gasteiger partial charge in [-0.05, 0) is 36.9 Å². The smallest absolute Gasteiger partial charge is 0.207 e. The molecule has 0 aliphatic carbocycles. The second-order valence-corrected chi connectivity index (χ2v) is 8.12. The number of halogens is 1. The van der Waals surface area contributed by atoms with E-state index in [1.54, 1.807) is 35.6 Å². The van der Waals surface area contributed by atoms with E-state index in [1.807, 2.05) is 31.4 Å². The number of hydrogen-bond donors (Lipinski definition) is 0. The lowest BCUT2D eigenvalue weighted by molar-refractivity contribution is 0.350. The van der Waals surface area contributed by atoms with Crippen LogP contribution in [0.4, 0.5) is 0 Å². The highest BCUT2D eigenvalue weighted by Crippen LogP contribution is 2.26. The lowest BCUT2D eigenvalue weighted by Crippen LogP contribution is -2.36. The SMILES string of the molecule is CC(C)N(Cc1cccs1)S(=O)(=O)c1ccccc1CCl. The Morgan fingerprint density at radius 2 is 1.90 bits per heavy atom. The van der Waals surface area contributed by atoms with Gasteiger partial charge in [-0.1, -0.05) is 24.3 Å². The van der Waals surface area contributed by atoms with E-state index in [4.69, 9.17) is 11.6 Å². The van der Waals surface area contributed by atoms with Crippen LogP contribution in [0.5, 0.6) is 0 Å². The Labute approximate surface area is 135 Å². The molecular weight excluding hydrogens is 326 g/mol. The first-order chi connectivity index (χ1) is 9.96. The van der Waals surface area contributed by atoms with Crippen LogP contribution in [0, 0.1) is 0 Å². The normalized spacial score (nSPS) is 12.2. The van der Waals surface area contributed by atoms with Crippen LogP contribution >= 0.6 is 22.9 Å². The Morgan fingerprint density at radius 1 is 1.19 bits per heavy atom. The molecule has 1 aromatic carbocycles. The summed E-state index contributed by atoms with van der Waals surface area (Å²) in [5.41, 5.74) is 0.635. The molecule has 3 nitrogen and oxygen atoms in total. The quantitative estimate of drug-likeness (QED) is 0.741. The summed E-state index contributed by atoms with van der Waals surface area (Å²) < 4.78 is 27.4. The molecule has 0 N–H and O–H groups in total. The van der Waals surface area contributed by atoms with Crippen LogP contribution in [0.2, 0.25) is 0 Å². The number of benzene rings is 1. The van der Waals surface area contributed by atoms with Crippen molar-refractivity contribution in [3.05, 3.63) is 52.2 Å². The Balaban J connectivity index is 2.42. The Hall–Kier alpha value is -0.880. The molecule has 0 atom stereocenters. The zero-order chi connectivity index (χ0) is 15.5. The number of rotatable bonds is 6. The predicted molar refractivity (Wildman–Crippen MR) is 88.2 cm³/mol. The summed E-state index contributed by atoms with van der Waals surface area (Å²) in [6.45, 7) is 4.15. The molecule has 0 spiro atoms. The van der Waals surface area contributed by atoms with Crippen molar-refractivity contribution in [3.8, 4) is 0 Å². The van der Waals surface area contributed by atoms with Crippen LogP contribution in [0.25, 0.3) is 0 Å². The second-order valence-electron chi connectivity index (χ2n) is 4.96. The van der Waals surface area contributed by atoms with Gasteiger partial charge in [0.25, 0.3) is 0 Å². The van der Waals surface area contributed by atoms with Crippen molar-refractivity contribution in [2.24, 2.45) is 0 Å². The zero-order valence-electron chi connectivity index (χ0n) is 12.0. The van der Waals surface area contributed by atoms with Crippen molar-refractivity contribution < 1.29 is 8.42 Å². The molecule has 2 rings (SSSR count). The van der Waals surface area contributed by atoms with Crippen molar-refractivity contribution >= 4 is 33.0 Å². The first-order valence-electron chi connectivity index (χ1n) is 6.65. The van der Waals surface area contributed by atoms with Gasteiger partial charge in [-0.3, -0.25) is 0 Å². The fraction of sp³-hybridized carbons (Fsp3) is 0.333. The largest absolute Gasteiger partial charge is 0.243 e. The molecule has 2 aromatic rings. The minimum absolute atomic E-state index is 0.125. The average Bonchev–Trinajstić information content (AvgIpc) is 2.97. The van der Waals surface area contributed by atoms with Gasteiger partial charge in [0.1, 0.15) is 0 Å². The van der Waals surface area contributed by atoms with Gasteiger partial charge in [0.2, 0.25) is 10.0 Å². The van der Waals surface area contributed by atoms with Crippen LogP contribution < -0.4 is 0 Å². The summed E-state index contributed by atoms with van der Waals surface area (Å²) in [6, 6.07) is 10.7. The Bertz CT molecular complexity index is 681. The molecule has 21 heavy (non-hydrogen) atoms. The molecule has 0 amide bonds. The monoisotopic (exact) mass is 343 g/mol. The number of sulfonamides is 1. The van der Waals surface area contributed by atoms with Gasteiger partial charge in [-0.15, -0.1) is 22.9 Å². The van der Waals surface area contributed by atoms with Gasteiger partial charge >= 0.3 is 0 Å². The van der Waals surface area contributed by atoms with Crippen molar-refractivity contribution in [3.63, 3.8) is 0 Å². The third kappa shape index (κ3) is 3.66. The van der Waals surface area contributed by atoms with E-state index in [-0.39, 0.29) is 11.9 Å². The molecule has 0 saturated heterocycles. The average molecular weight is 344 g/mol. The highest BCUT2D eigenvalue weighted by atomic mass is 35.5.